The molecule has 1 fully saturated rings. The molecule has 9 nitrogen and oxygen atoms in total. The van der Waals surface area contributed by atoms with Crippen LogP contribution in [0, 0.1) is 27.9 Å². The number of imide groups is 1. The number of nitro groups is 1. The highest BCUT2D eigenvalue weighted by atomic mass is 79.9. The van der Waals surface area contributed by atoms with Crippen LogP contribution in [0.2, 0.25) is 0 Å². The molecule has 1 aliphatic heterocycles. The summed E-state index contributed by atoms with van der Waals surface area (Å²) in [6.45, 7) is 0. The van der Waals surface area contributed by atoms with Crippen molar-refractivity contribution in [2.75, 3.05) is 4.90 Å². The number of Topliss-reactive ketones (excluding diaryl/α,β-unsaturated/α-hetero) is 1. The lowest BCUT2D eigenvalue weighted by atomic mass is 9.59. The second kappa shape index (κ2) is 8.70. The largest absolute Gasteiger partial charge is 0.508 e. The number of carbonyl (C=O) groups is 4. The average molecular weight is 575 g/mol. The van der Waals surface area contributed by atoms with E-state index in [1.807, 2.05) is 6.08 Å². The van der Waals surface area contributed by atoms with Crippen molar-refractivity contribution >= 4 is 50.7 Å². The molecule has 4 aliphatic rings. The van der Waals surface area contributed by atoms with Gasteiger partial charge in [0.2, 0.25) is 11.8 Å². The van der Waals surface area contributed by atoms with Gasteiger partial charge in [-0.3, -0.25) is 29.3 Å². The molecule has 3 aliphatic carbocycles. The minimum Gasteiger partial charge on any atom is -0.508 e. The maximum Gasteiger partial charge on any atom is 0.271 e. The van der Waals surface area contributed by atoms with Gasteiger partial charge in [-0.2, -0.15) is 0 Å². The van der Waals surface area contributed by atoms with Gasteiger partial charge in [-0.1, -0.05) is 29.8 Å². The number of hydrogen-bond acceptors (Lipinski definition) is 7. The third-order valence-electron chi connectivity index (χ3n) is 7.83. The van der Waals surface area contributed by atoms with Crippen molar-refractivity contribution in [1.29, 1.82) is 0 Å². The van der Waals surface area contributed by atoms with Gasteiger partial charge in [0, 0.05) is 35.3 Å². The Balaban J connectivity index is 1.47. The van der Waals surface area contributed by atoms with Crippen molar-refractivity contribution < 1.29 is 29.2 Å². The van der Waals surface area contributed by atoms with E-state index in [-0.39, 0.29) is 51.6 Å². The van der Waals surface area contributed by atoms with Crippen molar-refractivity contribution in [3.8, 4) is 5.75 Å². The van der Waals surface area contributed by atoms with Crippen LogP contribution in [0.25, 0.3) is 0 Å². The number of carbonyl (C=O) groups excluding carboxylic acids is 4. The normalized spacial score (nSPS) is 26.5. The van der Waals surface area contributed by atoms with Crippen LogP contribution >= 0.6 is 15.9 Å². The second-order valence-electron chi connectivity index (χ2n) is 9.78. The number of fused-ring (bicyclic) bond motifs is 3. The molecule has 10 heteroatoms. The summed E-state index contributed by atoms with van der Waals surface area (Å²) in [6, 6.07) is 11.8. The molecule has 4 atom stereocenters. The summed E-state index contributed by atoms with van der Waals surface area (Å²) < 4.78 is 0.128. The van der Waals surface area contributed by atoms with E-state index < -0.39 is 40.4 Å². The van der Waals surface area contributed by atoms with E-state index in [1.54, 1.807) is 12.1 Å². The molecule has 0 aromatic heterocycles. The Bertz CT molecular complexity index is 1590. The Kier molecular flexibility index (Phi) is 5.53. The summed E-state index contributed by atoms with van der Waals surface area (Å²) in [4.78, 5) is 65.5. The van der Waals surface area contributed by atoms with Crippen LogP contribution < -0.4 is 4.90 Å². The van der Waals surface area contributed by atoms with E-state index in [0.717, 1.165) is 10.5 Å². The SMILES string of the molecule is O=C1C=C(Br)C(=O)C2=C1[C@@H](c1cccc(O)c1)C1=CC[C@@H]3C(=O)N(c4cccc([N+](=O)[O-])c4)C(=O)[C@@H]3[C@@H]1C2. The number of halogens is 1. The third-order valence-corrected chi connectivity index (χ3v) is 8.42. The standard InChI is InChI=1S/C28H19BrN2O7/c29-21-12-22(33)25-20(26(21)34)11-19-17(23(25)13-3-1-6-16(32)9-13)7-8-18-24(19)28(36)30(27(18)35)14-4-2-5-15(10-14)31(37)38/h1-7,9-10,12,18-19,23-24,32H,8,11H2/t18-,19+,23-,24-/m0/s1. The third kappa shape index (κ3) is 3.51. The molecule has 0 unspecified atom stereocenters. The first-order chi connectivity index (χ1) is 18.2. The van der Waals surface area contributed by atoms with E-state index in [1.165, 1.54) is 42.5 Å². The average Bonchev–Trinajstić information content (AvgIpc) is 3.15. The lowest BCUT2D eigenvalue weighted by molar-refractivity contribution is -0.384. The van der Waals surface area contributed by atoms with Crippen molar-refractivity contribution in [2.24, 2.45) is 17.8 Å². The predicted molar refractivity (Wildman–Crippen MR) is 138 cm³/mol. The van der Waals surface area contributed by atoms with Crippen LogP contribution in [-0.2, 0) is 19.2 Å². The molecule has 1 N–H and O–H groups in total. The van der Waals surface area contributed by atoms with E-state index in [0.29, 0.717) is 11.1 Å². The Morgan fingerprint density at radius 2 is 1.76 bits per heavy atom. The molecule has 2 amide bonds. The maximum absolute atomic E-state index is 13.8. The van der Waals surface area contributed by atoms with Gasteiger partial charge in [-0.25, -0.2) is 4.90 Å². The molecule has 6 rings (SSSR count). The number of non-ortho nitro benzene ring substituents is 1. The Morgan fingerprint density at radius 1 is 1.00 bits per heavy atom. The molecule has 38 heavy (non-hydrogen) atoms. The van der Waals surface area contributed by atoms with Gasteiger partial charge in [0.15, 0.2) is 11.6 Å². The smallest absolute Gasteiger partial charge is 0.271 e. The number of benzene rings is 2. The zero-order valence-electron chi connectivity index (χ0n) is 19.7. The molecule has 0 bridgehead atoms. The number of nitrogens with zero attached hydrogens (tertiary/aromatic N) is 2. The molecular formula is C28H19BrN2O7. The number of phenolic OH excluding ortho intramolecular Hbond substituents is 1. The molecule has 190 valence electrons. The topological polar surface area (TPSA) is 135 Å². The van der Waals surface area contributed by atoms with E-state index >= 15 is 0 Å². The van der Waals surface area contributed by atoms with E-state index in [2.05, 4.69) is 15.9 Å². The summed E-state index contributed by atoms with van der Waals surface area (Å²) >= 11 is 3.19. The van der Waals surface area contributed by atoms with Crippen LogP contribution in [0.5, 0.6) is 5.75 Å². The summed E-state index contributed by atoms with van der Waals surface area (Å²) in [5, 5.41) is 21.5. The van der Waals surface area contributed by atoms with E-state index in [4.69, 9.17) is 0 Å². The molecule has 0 spiro atoms. The first kappa shape index (κ1) is 24.2. The fourth-order valence-electron chi connectivity index (χ4n) is 6.29. The van der Waals surface area contributed by atoms with Crippen LogP contribution in [0.1, 0.15) is 24.3 Å². The second-order valence-corrected chi connectivity index (χ2v) is 10.6. The molecule has 0 radical (unpaired) electrons. The number of phenols is 1. The highest BCUT2D eigenvalue weighted by Gasteiger charge is 2.56. The van der Waals surface area contributed by atoms with Crippen LogP contribution in [-0.4, -0.2) is 33.4 Å². The number of nitro benzene ring substituents is 1. The molecular weight excluding hydrogens is 556 g/mol. The lowest BCUT2D eigenvalue weighted by Gasteiger charge is -2.42. The van der Waals surface area contributed by atoms with Gasteiger partial charge in [0.1, 0.15) is 5.75 Å². The number of aromatic hydroxyl groups is 1. The fourth-order valence-corrected chi connectivity index (χ4v) is 6.74. The molecule has 0 saturated carbocycles. The first-order valence-electron chi connectivity index (χ1n) is 12.0. The summed E-state index contributed by atoms with van der Waals surface area (Å²) in [5.41, 5.74) is 1.85. The molecule has 2 aromatic carbocycles. The number of ketones is 2. The van der Waals surface area contributed by atoms with Gasteiger partial charge >= 0.3 is 0 Å². The molecule has 2 aromatic rings. The van der Waals surface area contributed by atoms with Gasteiger partial charge < -0.3 is 5.11 Å². The summed E-state index contributed by atoms with van der Waals surface area (Å²) in [5.74, 6) is -4.33. The minimum absolute atomic E-state index is 0.00339. The van der Waals surface area contributed by atoms with Crippen LogP contribution in [0.4, 0.5) is 11.4 Å². The molecule has 1 saturated heterocycles. The van der Waals surface area contributed by atoms with Crippen molar-refractivity contribution in [3.63, 3.8) is 0 Å². The summed E-state index contributed by atoms with van der Waals surface area (Å²) in [7, 11) is 0. The highest BCUT2D eigenvalue weighted by molar-refractivity contribution is 9.12. The van der Waals surface area contributed by atoms with E-state index in [9.17, 15) is 34.4 Å². The highest BCUT2D eigenvalue weighted by Crippen LogP contribution is 2.55. The van der Waals surface area contributed by atoms with Crippen molar-refractivity contribution in [3.05, 3.63) is 97.6 Å². The van der Waals surface area contributed by atoms with Crippen LogP contribution in [0.3, 0.4) is 0 Å². The van der Waals surface area contributed by atoms with Gasteiger partial charge in [0.05, 0.1) is 26.9 Å². The van der Waals surface area contributed by atoms with Gasteiger partial charge in [-0.05, 0) is 58.5 Å². The predicted octanol–water partition coefficient (Wildman–Crippen LogP) is 4.27. The Morgan fingerprint density at radius 3 is 2.50 bits per heavy atom. The number of amides is 2. The molecule has 1 heterocycles. The Labute approximate surface area is 224 Å². The van der Waals surface area contributed by atoms with Crippen molar-refractivity contribution in [1.82, 2.24) is 0 Å². The number of hydrogen-bond donors (Lipinski definition) is 1. The lowest BCUT2D eigenvalue weighted by Crippen LogP contribution is -2.39. The monoisotopic (exact) mass is 574 g/mol. The zero-order chi connectivity index (χ0) is 26.9. The minimum atomic E-state index is -0.803. The first-order valence-corrected chi connectivity index (χ1v) is 12.8. The zero-order valence-corrected chi connectivity index (χ0v) is 21.3. The van der Waals surface area contributed by atoms with Crippen molar-refractivity contribution in [2.45, 2.75) is 18.8 Å². The Hall–Kier alpha value is -4.18. The fraction of sp³-hybridized carbons (Fsp3) is 0.214. The quantitative estimate of drug-likeness (QED) is 0.190. The maximum atomic E-state index is 13.8. The number of anilines is 1. The summed E-state index contributed by atoms with van der Waals surface area (Å²) in [6.07, 6.45) is 3.47. The van der Waals surface area contributed by atoms with Crippen LogP contribution in [0.15, 0.2) is 81.9 Å². The number of rotatable bonds is 3. The van der Waals surface area contributed by atoms with Gasteiger partial charge in [0.25, 0.3) is 5.69 Å². The van der Waals surface area contributed by atoms with Gasteiger partial charge in [-0.15, -0.1) is 0 Å². The number of allylic oxidation sites excluding steroid dienone is 6.